The predicted molar refractivity (Wildman–Crippen MR) is 262 cm³/mol. The van der Waals surface area contributed by atoms with Gasteiger partial charge in [-0.3, -0.25) is 29.0 Å². The summed E-state index contributed by atoms with van der Waals surface area (Å²) in [6, 6.07) is 8.80. The third kappa shape index (κ3) is 15.7. The second-order valence-electron chi connectivity index (χ2n) is 18.9. The number of aliphatic hydroxyl groups is 1. The SMILES string of the molecule is CN1C(=O)C[C@H](C(=O)NCCOC2CCC(OCCCC(=O)NC3CCC(C(=O)NCCCOc4cc(F)ccc4Cc4nc(C(F)(F)F)c(Cl)cc4C(O)Nc4cn[nH]c(=O)c4)CC3)CC2)[C@H]1c1cccnc1. The summed E-state index contributed by atoms with van der Waals surface area (Å²) in [5.74, 6) is -1.81. The molecule has 3 aromatic heterocycles. The van der Waals surface area contributed by atoms with E-state index in [0.717, 1.165) is 55.5 Å². The molecule has 1 saturated heterocycles. The minimum Gasteiger partial charge on any atom is -0.493 e. The molecule has 1 unspecified atom stereocenters. The van der Waals surface area contributed by atoms with Crippen molar-refractivity contribution < 1.29 is 56.1 Å². The van der Waals surface area contributed by atoms with Crippen molar-refractivity contribution in [2.45, 2.75) is 120 Å². The first-order valence-electron chi connectivity index (χ1n) is 24.9. The number of pyridine rings is 2. The number of rotatable bonds is 23. The second kappa shape index (κ2) is 26.3. The molecule has 1 aromatic carbocycles. The van der Waals surface area contributed by atoms with E-state index >= 15 is 0 Å². The molecule has 7 rings (SSSR count). The monoisotopic (exact) mass is 1060 g/mol. The van der Waals surface area contributed by atoms with Crippen LogP contribution in [0.1, 0.15) is 117 Å². The zero-order chi connectivity index (χ0) is 52.8. The summed E-state index contributed by atoms with van der Waals surface area (Å²) in [5, 5.41) is 27.6. The number of nitrogens with one attached hydrogen (secondary N) is 5. The van der Waals surface area contributed by atoms with Gasteiger partial charge in [0, 0.05) is 93.6 Å². The van der Waals surface area contributed by atoms with Crippen LogP contribution in [0.5, 0.6) is 5.75 Å². The fourth-order valence-electron chi connectivity index (χ4n) is 9.70. The highest BCUT2D eigenvalue weighted by molar-refractivity contribution is 6.31. The number of hydrogen-bond acceptors (Lipinski definition) is 13. The van der Waals surface area contributed by atoms with E-state index in [2.05, 4.69) is 41.4 Å². The van der Waals surface area contributed by atoms with Crippen LogP contribution in [0.4, 0.5) is 23.2 Å². The van der Waals surface area contributed by atoms with Gasteiger partial charge in [0.15, 0.2) is 11.9 Å². The number of benzene rings is 1. The lowest BCUT2D eigenvalue weighted by Gasteiger charge is -2.29. The van der Waals surface area contributed by atoms with Crippen molar-refractivity contribution >= 4 is 40.9 Å². The molecule has 4 heterocycles. The molecule has 400 valence electrons. The average molecular weight is 1060 g/mol. The highest BCUT2D eigenvalue weighted by Crippen LogP contribution is 2.38. The van der Waals surface area contributed by atoms with E-state index in [1.807, 2.05) is 6.07 Å². The van der Waals surface area contributed by atoms with Gasteiger partial charge in [0.05, 0.1) is 60.0 Å². The first-order valence-corrected chi connectivity index (χ1v) is 25.3. The number of amides is 4. The van der Waals surface area contributed by atoms with Crippen molar-refractivity contribution in [1.82, 2.24) is 41.0 Å². The van der Waals surface area contributed by atoms with Crippen LogP contribution in [0, 0.1) is 17.7 Å². The van der Waals surface area contributed by atoms with Crippen LogP contribution in [0.25, 0.3) is 0 Å². The van der Waals surface area contributed by atoms with Gasteiger partial charge in [-0.1, -0.05) is 23.7 Å². The Hall–Kier alpha value is -6.23. The average Bonchev–Trinajstić information content (AvgIpc) is 3.68. The number of aromatic nitrogens is 4. The van der Waals surface area contributed by atoms with E-state index in [-0.39, 0.29) is 108 Å². The van der Waals surface area contributed by atoms with E-state index in [9.17, 15) is 46.6 Å². The predicted octanol–water partition coefficient (Wildman–Crippen LogP) is 6.09. The zero-order valence-corrected chi connectivity index (χ0v) is 41.7. The van der Waals surface area contributed by atoms with Crippen LogP contribution in [0.2, 0.25) is 5.02 Å². The Bertz CT molecular complexity index is 2600. The van der Waals surface area contributed by atoms with Crippen LogP contribution in [-0.4, -0.2) is 112 Å². The zero-order valence-electron chi connectivity index (χ0n) is 40.9. The van der Waals surface area contributed by atoms with Gasteiger partial charge in [0.25, 0.3) is 5.56 Å². The first kappa shape index (κ1) is 55.5. The Morgan fingerprint density at radius 3 is 2.34 bits per heavy atom. The molecule has 2 aliphatic carbocycles. The molecule has 18 nitrogen and oxygen atoms in total. The van der Waals surface area contributed by atoms with Gasteiger partial charge < -0.3 is 45.5 Å². The maximum atomic E-state index is 14.4. The maximum absolute atomic E-state index is 14.4. The molecule has 1 aliphatic heterocycles. The molecule has 3 aliphatic rings. The Morgan fingerprint density at radius 1 is 0.905 bits per heavy atom. The number of nitrogens with zero attached hydrogens (tertiary/aromatic N) is 4. The molecule has 6 N–H and O–H groups in total. The van der Waals surface area contributed by atoms with Gasteiger partial charge in [-0.25, -0.2) is 14.5 Å². The molecule has 4 aromatic rings. The van der Waals surface area contributed by atoms with Crippen LogP contribution in [0.3, 0.4) is 0 Å². The van der Waals surface area contributed by atoms with Gasteiger partial charge in [-0.2, -0.15) is 18.3 Å². The topological polar surface area (TPSA) is 239 Å². The van der Waals surface area contributed by atoms with Crippen LogP contribution in [-0.2, 0) is 41.2 Å². The highest BCUT2D eigenvalue weighted by atomic mass is 35.5. The van der Waals surface area contributed by atoms with Crippen LogP contribution in [0.15, 0.2) is 65.8 Å². The molecule has 3 atom stereocenters. The third-order valence-corrected chi connectivity index (χ3v) is 13.9. The summed E-state index contributed by atoms with van der Waals surface area (Å²) in [6.07, 6.45) is 4.97. The van der Waals surface area contributed by atoms with E-state index in [0.29, 0.717) is 64.7 Å². The van der Waals surface area contributed by atoms with E-state index < -0.39 is 40.4 Å². The lowest BCUT2D eigenvalue weighted by molar-refractivity contribution is -0.141. The third-order valence-electron chi connectivity index (χ3n) is 13.6. The molecular formula is C51H62ClF4N9O9. The molecule has 74 heavy (non-hydrogen) atoms. The number of carbonyl (C=O) groups is 4. The van der Waals surface area contributed by atoms with Crippen molar-refractivity contribution in [3.05, 3.63) is 110 Å². The lowest BCUT2D eigenvalue weighted by Crippen LogP contribution is -2.41. The molecular weight excluding hydrogens is 994 g/mol. The van der Waals surface area contributed by atoms with E-state index in [1.165, 1.54) is 12.3 Å². The number of alkyl halides is 3. The summed E-state index contributed by atoms with van der Waals surface area (Å²) < 4.78 is 74.1. The normalized spacial score (nSPS) is 21.4. The largest absolute Gasteiger partial charge is 0.493 e. The molecule has 2 saturated carbocycles. The van der Waals surface area contributed by atoms with E-state index in [1.54, 1.807) is 30.4 Å². The van der Waals surface area contributed by atoms with Crippen LogP contribution < -0.4 is 31.6 Å². The fourth-order valence-corrected chi connectivity index (χ4v) is 9.97. The lowest BCUT2D eigenvalue weighted by atomic mass is 9.85. The van der Waals surface area contributed by atoms with Gasteiger partial charge in [0.1, 0.15) is 11.6 Å². The molecule has 0 spiro atoms. The number of halogens is 5. The highest BCUT2D eigenvalue weighted by Gasteiger charge is 2.43. The van der Waals surface area contributed by atoms with Crippen molar-refractivity contribution in [3.63, 3.8) is 0 Å². The Kier molecular flexibility index (Phi) is 19.7. The Morgan fingerprint density at radius 2 is 1.64 bits per heavy atom. The number of carbonyl (C=O) groups excluding carboxylic acids is 4. The van der Waals surface area contributed by atoms with Crippen molar-refractivity contribution in [1.29, 1.82) is 0 Å². The molecule has 23 heteroatoms. The number of aromatic amines is 1. The quantitative estimate of drug-likeness (QED) is 0.0281. The van der Waals surface area contributed by atoms with E-state index in [4.69, 9.17) is 25.8 Å². The fraction of sp³-hybridized carbons (Fsp3) is 0.529. The number of H-pyrrole nitrogens is 1. The number of likely N-dealkylation sites (tertiary alicyclic amines) is 1. The Balaban J connectivity index is 0.746. The summed E-state index contributed by atoms with van der Waals surface area (Å²) in [7, 11) is 1.71. The molecule has 3 fully saturated rings. The molecule has 0 bridgehead atoms. The van der Waals surface area contributed by atoms with Gasteiger partial charge in [-0.15, -0.1) is 0 Å². The second-order valence-corrected chi connectivity index (χ2v) is 19.3. The van der Waals surface area contributed by atoms with Crippen LogP contribution >= 0.6 is 11.6 Å². The van der Waals surface area contributed by atoms with Crippen molar-refractivity contribution in [2.24, 2.45) is 11.8 Å². The van der Waals surface area contributed by atoms with Gasteiger partial charge >= 0.3 is 6.18 Å². The summed E-state index contributed by atoms with van der Waals surface area (Å²) >= 11 is 5.96. The summed E-state index contributed by atoms with van der Waals surface area (Å²) in [4.78, 5) is 72.5. The number of aliphatic hydroxyl groups excluding tert-OH is 1. The molecule has 0 radical (unpaired) electrons. The summed E-state index contributed by atoms with van der Waals surface area (Å²) in [5.41, 5.74) is -1.22. The number of ether oxygens (including phenoxy) is 3. The smallest absolute Gasteiger partial charge is 0.434 e. The number of anilines is 1. The maximum Gasteiger partial charge on any atom is 0.434 e. The minimum absolute atomic E-state index is 0.0227. The van der Waals surface area contributed by atoms with Gasteiger partial charge in [0.2, 0.25) is 23.6 Å². The molecule has 4 amide bonds. The first-order chi connectivity index (χ1) is 35.5. The standard InChI is InChI=1S/C51H62ClF4N9O9/c1-65-45(68)27-39(46(65)32-5-2-17-57-28-32)49(70)59-19-22-73-37-15-13-36(14-16-37)72-20-3-6-43(66)61-34-11-8-30(9-12-34)48(69)58-18-4-21-74-42-24-33(53)10-7-31(42)23-41-38(26-40(52)47(63-41)51(54,55)56)50(71)62-35-25-44(67)64-60-29-35/h2,5,7,10,17,24-26,28-30,34,36-37,39,46,50,71H,3-4,6,8-9,11-16,18-23,27H2,1H3,(H,58,69)(H,59,70)(H,61,66)(H2,62,64,67)/t30?,34?,36?,37?,39-,46+,50?/m0/s1. The van der Waals surface area contributed by atoms with Gasteiger partial charge in [-0.05, 0) is 88.0 Å². The van der Waals surface area contributed by atoms with Crippen molar-refractivity contribution in [3.8, 4) is 5.75 Å². The van der Waals surface area contributed by atoms with Crippen molar-refractivity contribution in [2.75, 3.05) is 45.3 Å². The Labute approximate surface area is 430 Å². The summed E-state index contributed by atoms with van der Waals surface area (Å²) in [6.45, 7) is 1.45. The minimum atomic E-state index is -4.93. The number of hydrogen-bond donors (Lipinski definition) is 6.